The highest BCUT2D eigenvalue weighted by Crippen LogP contribution is 2.29. The summed E-state index contributed by atoms with van der Waals surface area (Å²) >= 11 is 1.44. The molecule has 0 spiro atoms. The summed E-state index contributed by atoms with van der Waals surface area (Å²) in [6, 6.07) is 0.589. The van der Waals surface area contributed by atoms with E-state index in [9.17, 15) is 14.4 Å². The molecule has 9 heteroatoms. The number of ether oxygens (including phenoxy) is 1. The van der Waals surface area contributed by atoms with E-state index in [1.165, 1.54) is 11.3 Å². The molecule has 3 heterocycles. The minimum absolute atomic E-state index is 0. The van der Waals surface area contributed by atoms with Crippen molar-refractivity contribution in [1.82, 2.24) is 10.2 Å². The number of hydrogen-bond donors (Lipinski definition) is 1. The van der Waals surface area contributed by atoms with E-state index < -0.39 is 12.1 Å². The van der Waals surface area contributed by atoms with Gasteiger partial charge in [-0.05, 0) is 29.7 Å². The molecule has 0 aromatic carbocycles. The van der Waals surface area contributed by atoms with Crippen molar-refractivity contribution in [1.29, 1.82) is 0 Å². The molecule has 2 saturated heterocycles. The normalized spacial score (nSPS) is 22.5. The fraction of sp³-hybridized carbons (Fsp3) is 0.611. The molecule has 3 atom stereocenters. The fourth-order valence-corrected chi connectivity index (χ4v) is 4.13. The average Bonchev–Trinajstić information content (AvgIpc) is 3.23. The molecule has 1 aromatic heterocycles. The Morgan fingerprint density at radius 1 is 1.37 bits per heavy atom. The van der Waals surface area contributed by atoms with Gasteiger partial charge in [0.25, 0.3) is 5.91 Å². The van der Waals surface area contributed by atoms with Gasteiger partial charge in [0.15, 0.2) is 5.78 Å². The zero-order valence-corrected chi connectivity index (χ0v) is 18.6. The lowest BCUT2D eigenvalue weighted by Gasteiger charge is -2.31. The number of nitrogens with zero attached hydrogens (tertiary/aromatic N) is 1. The summed E-state index contributed by atoms with van der Waals surface area (Å²) in [5.74, 6) is -0.493. The fourth-order valence-electron chi connectivity index (χ4n) is 3.49. The van der Waals surface area contributed by atoms with Gasteiger partial charge in [-0.1, -0.05) is 20.8 Å². The summed E-state index contributed by atoms with van der Waals surface area (Å²) in [5, 5.41) is 6.46. The minimum Gasteiger partial charge on any atom is -0.368 e. The Hall–Kier alpha value is -1.03. The van der Waals surface area contributed by atoms with Crippen LogP contribution < -0.4 is 5.32 Å². The number of amides is 2. The number of carbonyl (C=O) groups is 3. The van der Waals surface area contributed by atoms with Crippen LogP contribution in [0.4, 0.5) is 0 Å². The molecule has 2 amide bonds. The van der Waals surface area contributed by atoms with E-state index in [0.29, 0.717) is 24.9 Å². The van der Waals surface area contributed by atoms with E-state index >= 15 is 0 Å². The van der Waals surface area contributed by atoms with Gasteiger partial charge in [-0.3, -0.25) is 14.4 Å². The first-order valence-electron chi connectivity index (χ1n) is 8.54. The highest BCUT2D eigenvalue weighted by Gasteiger charge is 2.48. The van der Waals surface area contributed by atoms with E-state index in [0.717, 1.165) is 0 Å². The molecule has 0 aliphatic carbocycles. The molecular weight excluding hydrogens is 404 g/mol. The molecule has 1 N–H and O–H groups in total. The topological polar surface area (TPSA) is 75.7 Å². The lowest BCUT2D eigenvalue weighted by molar-refractivity contribution is -0.138. The van der Waals surface area contributed by atoms with Gasteiger partial charge >= 0.3 is 0 Å². The number of fused-ring (bicyclic) bond motifs is 1. The van der Waals surface area contributed by atoms with Crippen LogP contribution >= 0.6 is 38.3 Å². The number of ketones is 1. The summed E-state index contributed by atoms with van der Waals surface area (Å²) in [5.41, 5.74) is 0.411. The van der Waals surface area contributed by atoms with E-state index in [1.54, 1.807) is 16.3 Å². The first kappa shape index (κ1) is 24.0. The van der Waals surface area contributed by atoms with Crippen LogP contribution in [0.25, 0.3) is 0 Å². The van der Waals surface area contributed by atoms with Crippen molar-refractivity contribution in [2.75, 3.05) is 13.2 Å². The Morgan fingerprint density at radius 2 is 2.07 bits per heavy atom. The number of Topliss-reactive ketones (excluding diaryl/α,β-unsaturated/α-hetero) is 1. The molecule has 6 nitrogen and oxygen atoms in total. The molecule has 2 fully saturated rings. The number of carbonyl (C=O) groups excluding carboxylic acids is 3. The smallest absolute Gasteiger partial charge is 0.252 e. The molecule has 27 heavy (non-hydrogen) atoms. The first-order valence-corrected chi connectivity index (χ1v) is 9.48. The van der Waals surface area contributed by atoms with Gasteiger partial charge in [0.05, 0.1) is 11.7 Å². The van der Waals surface area contributed by atoms with Gasteiger partial charge in [0, 0.05) is 11.9 Å². The van der Waals surface area contributed by atoms with Gasteiger partial charge in [0.1, 0.15) is 18.7 Å². The van der Waals surface area contributed by atoms with Crippen molar-refractivity contribution in [2.45, 2.75) is 51.8 Å². The number of hydrogen-bond acceptors (Lipinski definition) is 5. The largest absolute Gasteiger partial charge is 0.368 e. The summed E-state index contributed by atoms with van der Waals surface area (Å²) in [7, 11) is 0. The van der Waals surface area contributed by atoms with Gasteiger partial charge in [-0.15, -0.1) is 0 Å². The Labute approximate surface area is 177 Å². The van der Waals surface area contributed by atoms with E-state index in [-0.39, 0.29) is 62.7 Å². The lowest BCUT2D eigenvalue weighted by atomic mass is 9.87. The monoisotopic (exact) mass is 432 g/mol. The molecule has 0 bridgehead atoms. The SMILES string of the molecule is CC(C)(C)C[C@H](NC(=O)c1ccsc1)C(=O)N1CC[C@H]2OCC(=O)[C@H]21.S.S. The van der Waals surface area contributed by atoms with E-state index in [2.05, 4.69) is 5.32 Å². The highest BCUT2D eigenvalue weighted by atomic mass is 32.1. The Morgan fingerprint density at radius 3 is 2.67 bits per heavy atom. The first-order chi connectivity index (χ1) is 11.8. The van der Waals surface area contributed by atoms with Gasteiger partial charge in [0.2, 0.25) is 5.91 Å². The summed E-state index contributed by atoms with van der Waals surface area (Å²) in [6.45, 7) is 6.65. The van der Waals surface area contributed by atoms with Crippen LogP contribution in [0.2, 0.25) is 0 Å². The zero-order chi connectivity index (χ0) is 18.2. The third-order valence-corrected chi connectivity index (χ3v) is 5.28. The van der Waals surface area contributed by atoms with Gasteiger partial charge in [-0.25, -0.2) is 0 Å². The summed E-state index contributed by atoms with van der Waals surface area (Å²) < 4.78 is 5.46. The van der Waals surface area contributed by atoms with Crippen LogP contribution in [0.1, 0.15) is 44.0 Å². The number of thiophene rings is 1. The van der Waals surface area contributed by atoms with Crippen molar-refractivity contribution >= 4 is 55.9 Å². The lowest BCUT2D eigenvalue weighted by Crippen LogP contribution is -2.53. The second kappa shape index (κ2) is 9.45. The maximum Gasteiger partial charge on any atom is 0.252 e. The molecule has 0 unspecified atom stereocenters. The summed E-state index contributed by atoms with van der Waals surface area (Å²) in [6.07, 6.45) is 0.979. The maximum atomic E-state index is 13.1. The van der Waals surface area contributed by atoms with Crippen LogP contribution in [0.3, 0.4) is 0 Å². The van der Waals surface area contributed by atoms with Crippen LogP contribution in [0.5, 0.6) is 0 Å². The molecular formula is C18H28N2O4S3. The van der Waals surface area contributed by atoms with Crippen molar-refractivity contribution in [3.8, 4) is 0 Å². The van der Waals surface area contributed by atoms with Crippen molar-refractivity contribution in [3.05, 3.63) is 22.4 Å². The van der Waals surface area contributed by atoms with E-state index in [1.807, 2.05) is 26.2 Å². The molecule has 0 radical (unpaired) electrons. The molecule has 152 valence electrons. The number of rotatable bonds is 4. The quantitative estimate of drug-likeness (QED) is 0.790. The zero-order valence-electron chi connectivity index (χ0n) is 15.8. The average molecular weight is 433 g/mol. The third kappa shape index (κ3) is 5.49. The minimum atomic E-state index is -0.653. The maximum absolute atomic E-state index is 13.1. The molecule has 2 aliphatic rings. The Bertz CT molecular complexity index is 673. The predicted molar refractivity (Wildman–Crippen MR) is 115 cm³/mol. The Balaban J connectivity index is 0.00000182. The van der Waals surface area contributed by atoms with E-state index in [4.69, 9.17) is 4.74 Å². The van der Waals surface area contributed by atoms with Crippen molar-refractivity contribution in [3.63, 3.8) is 0 Å². The van der Waals surface area contributed by atoms with Crippen LogP contribution in [0.15, 0.2) is 16.8 Å². The number of nitrogens with one attached hydrogen (secondary N) is 1. The molecule has 2 aliphatic heterocycles. The van der Waals surface area contributed by atoms with Gasteiger partial charge in [-0.2, -0.15) is 38.3 Å². The third-order valence-electron chi connectivity index (χ3n) is 4.60. The molecule has 0 saturated carbocycles. The van der Waals surface area contributed by atoms with Crippen molar-refractivity contribution < 1.29 is 19.1 Å². The van der Waals surface area contributed by atoms with Crippen LogP contribution in [-0.4, -0.2) is 53.8 Å². The van der Waals surface area contributed by atoms with Crippen molar-refractivity contribution in [2.24, 2.45) is 5.41 Å². The predicted octanol–water partition coefficient (Wildman–Crippen LogP) is 2.08. The highest BCUT2D eigenvalue weighted by molar-refractivity contribution is 7.59. The standard InChI is InChI=1S/C18H24N2O4S.2H2S/c1-18(2,3)8-12(19-16(22)11-5-7-25-10-11)17(23)20-6-4-14-15(20)13(21)9-24-14;;/h5,7,10,12,14-15H,4,6,8-9H2,1-3H3,(H,19,22);2*1H2/t12-,14+,15+;;/m0../s1. The van der Waals surface area contributed by atoms with Crippen LogP contribution in [0, 0.1) is 5.41 Å². The van der Waals surface area contributed by atoms with Gasteiger partial charge < -0.3 is 15.0 Å². The number of likely N-dealkylation sites (tertiary alicyclic amines) is 1. The second-order valence-electron chi connectivity index (χ2n) is 7.88. The summed E-state index contributed by atoms with van der Waals surface area (Å²) in [4.78, 5) is 39.3. The second-order valence-corrected chi connectivity index (χ2v) is 8.66. The molecule has 1 aromatic rings. The molecule has 3 rings (SSSR count). The Kier molecular flexibility index (Phi) is 8.40. The van der Waals surface area contributed by atoms with Crippen LogP contribution in [-0.2, 0) is 14.3 Å².